The fourth-order valence-electron chi connectivity index (χ4n) is 3.30. The molecule has 3 heteroatoms. The zero-order valence-corrected chi connectivity index (χ0v) is 15.3. The summed E-state index contributed by atoms with van der Waals surface area (Å²) in [5, 5.41) is 3.41. The first-order chi connectivity index (χ1) is 11.7. The van der Waals surface area contributed by atoms with Crippen LogP contribution < -0.4 is 5.32 Å². The van der Waals surface area contributed by atoms with E-state index in [-0.39, 0.29) is 0 Å². The Bertz CT molecular complexity index is 518. The van der Waals surface area contributed by atoms with Gasteiger partial charge in [-0.05, 0) is 50.8 Å². The van der Waals surface area contributed by atoms with Crippen molar-refractivity contribution in [3.63, 3.8) is 0 Å². The molecule has 0 atom stereocenters. The fraction of sp³-hybridized carbons (Fsp3) is 0.571. The molecule has 24 heavy (non-hydrogen) atoms. The molecule has 2 rings (SSSR count). The minimum atomic E-state index is 0.316. The van der Waals surface area contributed by atoms with Gasteiger partial charge in [-0.25, -0.2) is 0 Å². The predicted molar refractivity (Wildman–Crippen MR) is 102 cm³/mol. The van der Waals surface area contributed by atoms with Crippen LogP contribution in [-0.2, 0) is 4.79 Å². The molecule has 132 valence electrons. The summed E-state index contributed by atoms with van der Waals surface area (Å²) in [6, 6.07) is 10.4. The average molecular weight is 329 g/mol. The van der Waals surface area contributed by atoms with Crippen LogP contribution in [0.1, 0.15) is 51.5 Å². The second-order valence-electron chi connectivity index (χ2n) is 6.97. The second kappa shape index (κ2) is 10.3. The van der Waals surface area contributed by atoms with Gasteiger partial charge >= 0.3 is 0 Å². The Morgan fingerprint density at radius 1 is 1.25 bits per heavy atom. The Hall–Kier alpha value is -1.61. The molecule has 1 fully saturated rings. The molecule has 1 aliphatic heterocycles. The van der Waals surface area contributed by atoms with Crippen molar-refractivity contribution < 1.29 is 4.79 Å². The third-order valence-corrected chi connectivity index (χ3v) is 4.69. The highest BCUT2D eigenvalue weighted by Gasteiger charge is 2.20. The van der Waals surface area contributed by atoms with Crippen molar-refractivity contribution in [3.05, 3.63) is 41.5 Å². The third kappa shape index (κ3) is 6.48. The van der Waals surface area contributed by atoms with E-state index >= 15 is 0 Å². The summed E-state index contributed by atoms with van der Waals surface area (Å²) in [4.78, 5) is 14.7. The summed E-state index contributed by atoms with van der Waals surface area (Å²) in [7, 11) is 0. The molecule has 1 saturated heterocycles. The van der Waals surface area contributed by atoms with E-state index in [9.17, 15) is 4.79 Å². The van der Waals surface area contributed by atoms with Gasteiger partial charge < -0.3 is 10.2 Å². The monoisotopic (exact) mass is 328 g/mol. The number of nitrogens with zero attached hydrogens (tertiary/aromatic N) is 1. The van der Waals surface area contributed by atoms with E-state index in [1.807, 2.05) is 6.07 Å². The summed E-state index contributed by atoms with van der Waals surface area (Å²) in [6.45, 7) is 8.10. The molecule has 0 bridgehead atoms. The van der Waals surface area contributed by atoms with Crippen molar-refractivity contribution in [1.82, 2.24) is 10.2 Å². The molecule has 3 nitrogen and oxygen atoms in total. The number of benzene rings is 1. The van der Waals surface area contributed by atoms with E-state index in [4.69, 9.17) is 0 Å². The summed E-state index contributed by atoms with van der Waals surface area (Å²) in [6.07, 6.45) is 7.30. The Labute approximate surface area is 147 Å². The van der Waals surface area contributed by atoms with E-state index in [1.54, 1.807) is 0 Å². The van der Waals surface area contributed by atoms with Crippen LogP contribution in [0.5, 0.6) is 0 Å². The molecule has 1 N–H and O–H groups in total. The quantitative estimate of drug-likeness (QED) is 0.779. The molecule has 1 amide bonds. The van der Waals surface area contributed by atoms with Gasteiger partial charge in [0.15, 0.2) is 0 Å². The maximum Gasteiger partial charge on any atom is 0.222 e. The Kier molecular flexibility index (Phi) is 8.03. The normalized spacial score (nSPS) is 16.2. The minimum Gasteiger partial charge on any atom is -0.338 e. The van der Waals surface area contributed by atoms with Gasteiger partial charge in [0, 0.05) is 19.5 Å². The highest BCUT2D eigenvalue weighted by atomic mass is 16.2. The van der Waals surface area contributed by atoms with Gasteiger partial charge in [-0.3, -0.25) is 4.79 Å². The van der Waals surface area contributed by atoms with E-state index < -0.39 is 0 Å². The summed E-state index contributed by atoms with van der Waals surface area (Å²) in [5.41, 5.74) is 2.46. The van der Waals surface area contributed by atoms with Gasteiger partial charge in [0.05, 0.1) is 0 Å². The number of hydrogen-bond acceptors (Lipinski definition) is 2. The van der Waals surface area contributed by atoms with Crippen molar-refractivity contribution in [1.29, 1.82) is 0 Å². The van der Waals surface area contributed by atoms with Crippen LogP contribution in [0.4, 0.5) is 0 Å². The predicted octanol–water partition coefficient (Wildman–Crippen LogP) is 4.11. The SMILES string of the molecule is CCCCC(=O)N(CC(C)=Cc1ccccc1)CC1CCNCC1. The minimum absolute atomic E-state index is 0.316. The summed E-state index contributed by atoms with van der Waals surface area (Å²) in [5.74, 6) is 0.956. The van der Waals surface area contributed by atoms with Crippen LogP contribution in [0.3, 0.4) is 0 Å². The Morgan fingerprint density at radius 3 is 2.62 bits per heavy atom. The highest BCUT2D eigenvalue weighted by Crippen LogP contribution is 2.17. The molecule has 0 radical (unpaired) electrons. The second-order valence-corrected chi connectivity index (χ2v) is 6.97. The van der Waals surface area contributed by atoms with Gasteiger partial charge in [0.25, 0.3) is 0 Å². The summed E-state index contributed by atoms with van der Waals surface area (Å²) < 4.78 is 0. The number of amides is 1. The molecule has 1 aromatic rings. The van der Waals surface area contributed by atoms with Crippen LogP contribution in [0.15, 0.2) is 35.9 Å². The lowest BCUT2D eigenvalue weighted by atomic mass is 9.97. The zero-order chi connectivity index (χ0) is 17.2. The highest BCUT2D eigenvalue weighted by molar-refractivity contribution is 5.76. The van der Waals surface area contributed by atoms with Crippen LogP contribution in [0, 0.1) is 5.92 Å². The molecular weight excluding hydrogens is 296 g/mol. The van der Waals surface area contributed by atoms with Gasteiger partial charge in [-0.15, -0.1) is 0 Å². The first kappa shape index (κ1) is 18.7. The van der Waals surface area contributed by atoms with E-state index in [0.29, 0.717) is 18.2 Å². The lowest BCUT2D eigenvalue weighted by Gasteiger charge is -2.30. The molecular formula is C21H32N2O. The maximum absolute atomic E-state index is 12.6. The lowest BCUT2D eigenvalue weighted by Crippen LogP contribution is -2.40. The topological polar surface area (TPSA) is 32.3 Å². The van der Waals surface area contributed by atoms with E-state index in [2.05, 4.69) is 54.4 Å². The van der Waals surface area contributed by atoms with Gasteiger partial charge in [-0.2, -0.15) is 0 Å². The van der Waals surface area contributed by atoms with Crippen molar-refractivity contribution in [2.75, 3.05) is 26.2 Å². The average Bonchev–Trinajstić information content (AvgIpc) is 2.61. The number of rotatable bonds is 8. The molecule has 1 aliphatic rings. The van der Waals surface area contributed by atoms with Crippen molar-refractivity contribution in [2.45, 2.75) is 46.0 Å². The maximum atomic E-state index is 12.6. The van der Waals surface area contributed by atoms with E-state index in [0.717, 1.165) is 39.0 Å². The van der Waals surface area contributed by atoms with Crippen molar-refractivity contribution >= 4 is 12.0 Å². The lowest BCUT2D eigenvalue weighted by molar-refractivity contribution is -0.131. The smallest absolute Gasteiger partial charge is 0.222 e. The fourth-order valence-corrected chi connectivity index (χ4v) is 3.30. The molecule has 0 unspecified atom stereocenters. The first-order valence-corrected chi connectivity index (χ1v) is 9.39. The molecule has 0 saturated carbocycles. The van der Waals surface area contributed by atoms with Gasteiger partial charge in [0.1, 0.15) is 0 Å². The number of carbonyl (C=O) groups excluding carboxylic acids is 1. The van der Waals surface area contributed by atoms with Gasteiger partial charge in [-0.1, -0.05) is 55.3 Å². The van der Waals surface area contributed by atoms with Crippen molar-refractivity contribution in [2.24, 2.45) is 5.92 Å². The molecule has 1 heterocycles. The third-order valence-electron chi connectivity index (χ3n) is 4.69. The number of piperidine rings is 1. The zero-order valence-electron chi connectivity index (χ0n) is 15.3. The Balaban J connectivity index is 2.00. The molecule has 1 aromatic carbocycles. The number of hydrogen-bond donors (Lipinski definition) is 1. The van der Waals surface area contributed by atoms with Crippen molar-refractivity contribution in [3.8, 4) is 0 Å². The first-order valence-electron chi connectivity index (χ1n) is 9.39. The molecule has 0 aromatic heterocycles. The summed E-state index contributed by atoms with van der Waals surface area (Å²) >= 11 is 0. The Morgan fingerprint density at radius 2 is 1.96 bits per heavy atom. The van der Waals surface area contributed by atoms with Crippen LogP contribution >= 0.6 is 0 Å². The van der Waals surface area contributed by atoms with Crippen LogP contribution in [-0.4, -0.2) is 37.0 Å². The number of carbonyl (C=O) groups is 1. The van der Waals surface area contributed by atoms with E-state index in [1.165, 1.54) is 24.0 Å². The standard InChI is InChI=1S/C21H32N2O/c1-3-4-10-21(24)23(17-20-11-13-22-14-12-20)16-18(2)15-19-8-6-5-7-9-19/h5-9,15,20,22H,3-4,10-14,16-17H2,1-2H3. The van der Waals surface area contributed by atoms with Crippen LogP contribution in [0.25, 0.3) is 6.08 Å². The number of nitrogens with one attached hydrogen (secondary N) is 1. The molecule has 0 aliphatic carbocycles. The van der Waals surface area contributed by atoms with Gasteiger partial charge in [0.2, 0.25) is 5.91 Å². The molecule has 0 spiro atoms. The van der Waals surface area contributed by atoms with Crippen LogP contribution in [0.2, 0.25) is 0 Å². The number of unbranched alkanes of at least 4 members (excludes halogenated alkanes) is 1. The largest absolute Gasteiger partial charge is 0.338 e.